The molecule has 34 heavy (non-hydrogen) atoms. The predicted octanol–water partition coefficient (Wildman–Crippen LogP) is 4.98. The average molecular weight is 472 g/mol. The monoisotopic (exact) mass is 472 g/mol. The van der Waals surface area contributed by atoms with Gasteiger partial charge in [0.05, 0.1) is 16.2 Å². The molecule has 1 amide bonds. The Labute approximate surface area is 196 Å². The molecule has 0 saturated carbocycles. The third-order valence-electron chi connectivity index (χ3n) is 4.95. The van der Waals surface area contributed by atoms with Gasteiger partial charge in [-0.3, -0.25) is 14.9 Å². The molecule has 3 heterocycles. The molecule has 0 saturated heterocycles. The second-order valence-corrected chi connectivity index (χ2v) is 8.15. The molecular formula is C23H16N6O4S. The van der Waals surface area contributed by atoms with Crippen molar-refractivity contribution in [2.45, 2.75) is 6.92 Å². The average Bonchev–Trinajstić information content (AvgIpc) is 3.56. The van der Waals surface area contributed by atoms with Gasteiger partial charge in [0.2, 0.25) is 10.9 Å². The maximum atomic E-state index is 12.6. The largest absolute Gasteiger partial charge is 0.456 e. The Kier molecular flexibility index (Phi) is 5.44. The summed E-state index contributed by atoms with van der Waals surface area (Å²) in [6, 6.07) is 16.9. The minimum atomic E-state index is -0.462. The van der Waals surface area contributed by atoms with Crippen molar-refractivity contribution in [2.24, 2.45) is 0 Å². The van der Waals surface area contributed by atoms with Crippen LogP contribution in [0.3, 0.4) is 0 Å². The Balaban J connectivity index is 1.34. The van der Waals surface area contributed by atoms with E-state index < -0.39 is 4.92 Å². The second-order valence-electron chi connectivity index (χ2n) is 7.19. The summed E-state index contributed by atoms with van der Waals surface area (Å²) in [7, 11) is 0. The lowest BCUT2D eigenvalue weighted by molar-refractivity contribution is -0.384. The number of furan rings is 1. The van der Waals surface area contributed by atoms with Gasteiger partial charge in [0.25, 0.3) is 5.69 Å². The van der Waals surface area contributed by atoms with Crippen molar-refractivity contribution in [2.75, 3.05) is 5.32 Å². The number of para-hydroxylation sites is 2. The summed E-state index contributed by atoms with van der Waals surface area (Å²) in [5, 5.41) is 27.4. The number of hydrogen-bond donors (Lipinski definition) is 1. The normalized spacial score (nSPS) is 11.3. The molecule has 0 aliphatic heterocycles. The number of nitrogens with one attached hydrogen (secondary N) is 1. The van der Waals surface area contributed by atoms with Crippen LogP contribution in [0.1, 0.15) is 11.6 Å². The summed E-state index contributed by atoms with van der Waals surface area (Å²) < 4.78 is 7.35. The van der Waals surface area contributed by atoms with Gasteiger partial charge in [-0.25, -0.2) is 0 Å². The highest BCUT2D eigenvalue weighted by Crippen LogP contribution is 2.32. The Morgan fingerprint density at radius 3 is 2.65 bits per heavy atom. The van der Waals surface area contributed by atoms with Gasteiger partial charge in [-0.05, 0) is 43.3 Å². The van der Waals surface area contributed by atoms with E-state index in [1.165, 1.54) is 29.6 Å². The first kappa shape index (κ1) is 21.2. The smallest absolute Gasteiger partial charge is 0.280 e. The molecule has 5 rings (SSSR count). The number of carbonyl (C=O) groups excluding carboxylic acids is 1. The van der Waals surface area contributed by atoms with Crippen LogP contribution in [0, 0.1) is 17.0 Å². The van der Waals surface area contributed by atoms with Crippen molar-refractivity contribution >= 4 is 39.7 Å². The molecule has 0 bridgehead atoms. The Morgan fingerprint density at radius 1 is 1.09 bits per heavy atom. The highest BCUT2D eigenvalue weighted by atomic mass is 32.1. The standard InChI is InChI=1S/C23H16N6O4S/c1-14-25-26-23-28(14)27-22(34-23)16-6-2-4-8-18(16)24-21(30)13-11-15-10-12-20(33-15)17-7-3-5-9-19(17)29(31)32/h2-13H,1H3,(H,24,30)/b13-11+. The highest BCUT2D eigenvalue weighted by molar-refractivity contribution is 7.19. The number of fused-ring (bicyclic) bond motifs is 1. The molecule has 2 aromatic carbocycles. The number of nitrogens with zero attached hydrogens (tertiary/aromatic N) is 5. The number of hydrogen-bond acceptors (Lipinski definition) is 8. The van der Waals surface area contributed by atoms with Gasteiger partial charge in [-0.1, -0.05) is 35.6 Å². The minimum absolute atomic E-state index is 0.0534. The lowest BCUT2D eigenvalue weighted by Crippen LogP contribution is -2.08. The van der Waals surface area contributed by atoms with Crippen LogP contribution < -0.4 is 5.32 Å². The first-order chi connectivity index (χ1) is 16.5. The molecular weight excluding hydrogens is 456 g/mol. The number of amides is 1. The van der Waals surface area contributed by atoms with Crippen molar-refractivity contribution < 1.29 is 14.1 Å². The lowest BCUT2D eigenvalue weighted by atomic mass is 10.1. The third kappa shape index (κ3) is 4.07. The number of aromatic nitrogens is 4. The van der Waals surface area contributed by atoms with E-state index in [4.69, 9.17) is 4.42 Å². The number of benzene rings is 2. The molecule has 0 aliphatic carbocycles. The fourth-order valence-corrected chi connectivity index (χ4v) is 4.29. The maximum Gasteiger partial charge on any atom is 0.280 e. The van der Waals surface area contributed by atoms with Crippen molar-refractivity contribution in [1.29, 1.82) is 0 Å². The summed E-state index contributed by atoms with van der Waals surface area (Å²) in [6.45, 7) is 1.82. The number of aryl methyl sites for hydroxylation is 1. The van der Waals surface area contributed by atoms with E-state index >= 15 is 0 Å². The Hall–Kier alpha value is -4.64. The number of carbonyl (C=O) groups is 1. The molecule has 5 aromatic rings. The topological polar surface area (TPSA) is 128 Å². The summed E-state index contributed by atoms with van der Waals surface area (Å²) >= 11 is 1.37. The van der Waals surface area contributed by atoms with Crippen LogP contribution in [0.2, 0.25) is 0 Å². The zero-order valence-corrected chi connectivity index (χ0v) is 18.5. The molecule has 0 spiro atoms. The van der Waals surface area contributed by atoms with E-state index in [9.17, 15) is 14.9 Å². The fraction of sp³-hybridized carbons (Fsp3) is 0.0435. The Morgan fingerprint density at radius 2 is 1.85 bits per heavy atom. The van der Waals surface area contributed by atoms with E-state index in [0.717, 1.165) is 5.56 Å². The van der Waals surface area contributed by atoms with Crippen molar-refractivity contribution in [3.05, 3.63) is 88.4 Å². The van der Waals surface area contributed by atoms with Gasteiger partial charge in [0.1, 0.15) is 16.5 Å². The summed E-state index contributed by atoms with van der Waals surface area (Å²) in [6.07, 6.45) is 2.84. The fourth-order valence-electron chi connectivity index (χ4n) is 3.36. The van der Waals surface area contributed by atoms with Crippen LogP contribution in [0.25, 0.3) is 32.9 Å². The molecule has 0 radical (unpaired) electrons. The molecule has 1 N–H and O–H groups in total. The van der Waals surface area contributed by atoms with E-state index in [2.05, 4.69) is 20.6 Å². The molecule has 3 aromatic heterocycles. The number of nitro benzene ring substituents is 1. The van der Waals surface area contributed by atoms with Crippen LogP contribution in [0.4, 0.5) is 11.4 Å². The van der Waals surface area contributed by atoms with Gasteiger partial charge in [-0.2, -0.15) is 9.61 Å². The molecule has 0 unspecified atom stereocenters. The molecule has 11 heteroatoms. The van der Waals surface area contributed by atoms with Crippen molar-refractivity contribution in [1.82, 2.24) is 19.8 Å². The molecule has 0 aliphatic rings. The van der Waals surface area contributed by atoms with Gasteiger partial charge in [0, 0.05) is 17.7 Å². The number of anilines is 1. The molecule has 0 fully saturated rings. The molecule has 10 nitrogen and oxygen atoms in total. The van der Waals surface area contributed by atoms with E-state index in [0.29, 0.717) is 38.6 Å². The van der Waals surface area contributed by atoms with E-state index in [1.807, 2.05) is 25.1 Å². The number of nitro groups is 1. The van der Waals surface area contributed by atoms with Crippen molar-refractivity contribution in [3.63, 3.8) is 0 Å². The van der Waals surface area contributed by atoms with Gasteiger partial charge in [0.15, 0.2) is 5.82 Å². The number of rotatable bonds is 6. The van der Waals surface area contributed by atoms with Crippen LogP contribution in [0.15, 0.2) is 71.2 Å². The third-order valence-corrected chi connectivity index (χ3v) is 5.89. The lowest BCUT2D eigenvalue weighted by Gasteiger charge is -2.07. The second kappa shape index (κ2) is 8.71. The van der Waals surface area contributed by atoms with Crippen LogP contribution >= 0.6 is 11.3 Å². The molecule has 0 atom stereocenters. The SMILES string of the molecule is Cc1nnc2sc(-c3ccccc3NC(=O)/C=C/c3ccc(-c4ccccc4[N+](=O)[O-])o3)nn12. The maximum absolute atomic E-state index is 12.6. The summed E-state index contributed by atoms with van der Waals surface area (Å²) in [4.78, 5) is 24.1. The molecule has 168 valence electrons. The zero-order valence-electron chi connectivity index (χ0n) is 17.7. The van der Waals surface area contributed by atoms with E-state index in [1.54, 1.807) is 40.9 Å². The summed E-state index contributed by atoms with van der Waals surface area (Å²) in [5.41, 5.74) is 1.67. The highest BCUT2D eigenvalue weighted by Gasteiger charge is 2.17. The quantitative estimate of drug-likeness (QED) is 0.210. The predicted molar refractivity (Wildman–Crippen MR) is 127 cm³/mol. The minimum Gasteiger partial charge on any atom is -0.456 e. The van der Waals surface area contributed by atoms with Gasteiger partial charge < -0.3 is 9.73 Å². The first-order valence-corrected chi connectivity index (χ1v) is 10.9. The van der Waals surface area contributed by atoms with Crippen LogP contribution in [-0.4, -0.2) is 30.6 Å². The van der Waals surface area contributed by atoms with Crippen LogP contribution in [-0.2, 0) is 4.79 Å². The van der Waals surface area contributed by atoms with E-state index in [-0.39, 0.29) is 11.6 Å². The van der Waals surface area contributed by atoms with Crippen molar-refractivity contribution in [3.8, 4) is 21.9 Å². The summed E-state index contributed by atoms with van der Waals surface area (Å²) in [5.74, 6) is 1.05. The van der Waals surface area contributed by atoms with Gasteiger partial charge >= 0.3 is 0 Å². The van der Waals surface area contributed by atoms with Gasteiger partial charge in [-0.15, -0.1) is 10.2 Å². The first-order valence-electron chi connectivity index (χ1n) is 10.1. The zero-order chi connectivity index (χ0) is 23.7. The Bertz CT molecular complexity index is 1560. The van der Waals surface area contributed by atoms with Crippen LogP contribution in [0.5, 0.6) is 0 Å².